The van der Waals surface area contributed by atoms with Crippen molar-refractivity contribution >= 4 is 18.0 Å². The number of pyridine rings is 1. The topological polar surface area (TPSA) is 7.12 Å². The van der Waals surface area contributed by atoms with Crippen molar-refractivity contribution in [2.45, 2.75) is 78.7 Å². The maximum atomic E-state index is 2.62. The summed E-state index contributed by atoms with van der Waals surface area (Å²) in [6.45, 7) is 12.3. The molecule has 0 aliphatic carbocycles. The zero-order valence-electron chi connectivity index (χ0n) is 19.9. The second kappa shape index (κ2) is 7.69. The highest BCUT2D eigenvalue weighted by molar-refractivity contribution is 6.83. The summed E-state index contributed by atoms with van der Waals surface area (Å²) in [5, 5.41) is 0. The van der Waals surface area contributed by atoms with Crippen LogP contribution in [-0.2, 0) is 6.42 Å². The summed E-state index contributed by atoms with van der Waals surface area (Å²) in [4.78, 5) is 2.55. The van der Waals surface area contributed by atoms with Gasteiger partial charge in [0.2, 0.25) is 6.71 Å². The smallest absolute Gasteiger partial charge is 0.230 e. The summed E-state index contributed by atoms with van der Waals surface area (Å²) < 4.78 is 2.62. The van der Waals surface area contributed by atoms with Crippen molar-refractivity contribution < 1.29 is 4.57 Å². The van der Waals surface area contributed by atoms with Crippen LogP contribution in [0.15, 0.2) is 60.4 Å². The van der Waals surface area contributed by atoms with Crippen LogP contribution in [0.2, 0.25) is 0 Å². The summed E-state index contributed by atoms with van der Waals surface area (Å²) in [6, 6.07) is 12.1. The lowest BCUT2D eigenvalue weighted by Crippen LogP contribution is -2.60. The number of aromatic nitrogens is 1. The first-order valence-corrected chi connectivity index (χ1v) is 12.4. The van der Waals surface area contributed by atoms with Crippen LogP contribution in [0.4, 0.5) is 5.82 Å². The average Bonchev–Trinajstić information content (AvgIpc) is 2.87. The number of nitrogens with zero attached hydrogens (tertiary/aromatic N) is 2. The van der Waals surface area contributed by atoms with Gasteiger partial charge in [0, 0.05) is 11.5 Å². The van der Waals surface area contributed by atoms with Crippen LogP contribution in [0, 0.1) is 12.3 Å². The molecule has 31 heavy (non-hydrogen) atoms. The van der Waals surface area contributed by atoms with Gasteiger partial charge in [0.15, 0.2) is 0 Å². The van der Waals surface area contributed by atoms with Crippen molar-refractivity contribution in [1.82, 2.24) is 0 Å². The quantitative estimate of drug-likeness (QED) is 0.445. The SMILES string of the molecule is CCCCc1ccc[n+]2c1N1C=CB3C=C1C(C)(C(CC)c1cccc(C)c13)C2CC. The third-order valence-electron chi connectivity index (χ3n) is 8.31. The number of fused-ring (bicyclic) bond motifs is 5. The number of hydrogen-bond donors (Lipinski definition) is 0. The van der Waals surface area contributed by atoms with E-state index in [1.165, 1.54) is 35.5 Å². The number of unbranched alkanes of at least 4 members (excludes halogenated alkanes) is 1. The molecule has 3 unspecified atom stereocenters. The van der Waals surface area contributed by atoms with E-state index in [0.29, 0.717) is 18.7 Å². The van der Waals surface area contributed by atoms with Crippen molar-refractivity contribution in [3.63, 3.8) is 0 Å². The van der Waals surface area contributed by atoms with Gasteiger partial charge in [-0.2, -0.15) is 0 Å². The van der Waals surface area contributed by atoms with Gasteiger partial charge in [-0.1, -0.05) is 68.4 Å². The molecular formula is C28H36BN2+. The first-order chi connectivity index (χ1) is 15.1. The molecule has 2 nitrogen and oxygen atoms in total. The second-order valence-corrected chi connectivity index (χ2v) is 9.90. The lowest BCUT2D eigenvalue weighted by Gasteiger charge is -2.48. The van der Waals surface area contributed by atoms with Gasteiger partial charge in [0.05, 0.1) is 17.8 Å². The van der Waals surface area contributed by atoms with Gasteiger partial charge in [-0.05, 0) is 57.2 Å². The molecule has 0 spiro atoms. The van der Waals surface area contributed by atoms with Gasteiger partial charge in [0.25, 0.3) is 5.82 Å². The average molecular weight is 411 g/mol. The van der Waals surface area contributed by atoms with Gasteiger partial charge in [-0.3, -0.25) is 0 Å². The molecule has 1 aromatic heterocycles. The fourth-order valence-corrected chi connectivity index (χ4v) is 6.94. The van der Waals surface area contributed by atoms with Gasteiger partial charge in [-0.25, -0.2) is 9.47 Å². The highest BCUT2D eigenvalue weighted by Gasteiger charge is 2.58. The first-order valence-electron chi connectivity index (χ1n) is 12.4. The molecule has 0 radical (unpaired) electrons. The molecule has 3 heteroatoms. The summed E-state index contributed by atoms with van der Waals surface area (Å²) in [7, 11) is 0. The molecule has 160 valence electrons. The van der Waals surface area contributed by atoms with E-state index in [-0.39, 0.29) is 5.41 Å². The van der Waals surface area contributed by atoms with Crippen LogP contribution in [0.1, 0.15) is 82.0 Å². The van der Waals surface area contributed by atoms with E-state index in [0.717, 1.165) is 19.3 Å². The molecule has 2 bridgehead atoms. The lowest BCUT2D eigenvalue weighted by molar-refractivity contribution is -0.728. The lowest BCUT2D eigenvalue weighted by atomic mass is 9.42. The molecule has 0 saturated heterocycles. The normalized spacial score (nSPS) is 25.6. The van der Waals surface area contributed by atoms with Gasteiger partial charge < -0.3 is 0 Å². The predicted molar refractivity (Wildman–Crippen MR) is 132 cm³/mol. The largest absolute Gasteiger partial charge is 0.289 e. The van der Waals surface area contributed by atoms with Gasteiger partial charge >= 0.3 is 0 Å². The van der Waals surface area contributed by atoms with E-state index in [2.05, 4.69) is 98.8 Å². The van der Waals surface area contributed by atoms with Crippen LogP contribution in [-0.4, -0.2) is 6.71 Å². The van der Waals surface area contributed by atoms with E-state index in [4.69, 9.17) is 0 Å². The predicted octanol–water partition coefficient (Wildman–Crippen LogP) is 5.80. The molecule has 0 fully saturated rings. The van der Waals surface area contributed by atoms with Crippen LogP contribution < -0.4 is 14.9 Å². The molecule has 5 rings (SSSR count). The standard InChI is InChI=1S/C28H36BN2/c1-6-9-13-21-14-11-17-30-24(8-3)28(5)23(7-2)22-15-10-12-20(4)26(22)29-16-18-31(27(21)30)25(28)19-29/h10-12,14-19,23-24H,6-9,13H2,1-5H3/q+1. The van der Waals surface area contributed by atoms with Crippen LogP contribution in [0.3, 0.4) is 0 Å². The monoisotopic (exact) mass is 411 g/mol. The Kier molecular flexibility index (Phi) is 5.11. The number of hydrogen-bond acceptors (Lipinski definition) is 1. The number of benzene rings is 1. The van der Waals surface area contributed by atoms with E-state index in [1.54, 1.807) is 11.0 Å². The Bertz CT molecular complexity index is 1070. The van der Waals surface area contributed by atoms with Crippen LogP contribution in [0.5, 0.6) is 0 Å². The molecular weight excluding hydrogens is 375 g/mol. The van der Waals surface area contributed by atoms with Crippen molar-refractivity contribution in [3.8, 4) is 0 Å². The molecule has 0 saturated carbocycles. The van der Waals surface area contributed by atoms with Crippen LogP contribution in [0.25, 0.3) is 0 Å². The Labute approximate surface area is 188 Å². The van der Waals surface area contributed by atoms with Gasteiger partial charge in [0.1, 0.15) is 11.7 Å². The van der Waals surface area contributed by atoms with Crippen LogP contribution >= 0.6 is 0 Å². The van der Waals surface area contributed by atoms with Gasteiger partial charge in [-0.15, -0.1) is 0 Å². The fourth-order valence-electron chi connectivity index (χ4n) is 6.94. The second-order valence-electron chi connectivity index (χ2n) is 9.90. The van der Waals surface area contributed by atoms with E-state index < -0.39 is 0 Å². The summed E-state index contributed by atoms with van der Waals surface area (Å²) >= 11 is 0. The third-order valence-corrected chi connectivity index (χ3v) is 8.31. The summed E-state index contributed by atoms with van der Waals surface area (Å²) in [6.07, 6.45) is 10.7. The Morgan fingerprint density at radius 2 is 1.94 bits per heavy atom. The maximum Gasteiger partial charge on any atom is 0.289 e. The molecule has 0 N–H and O–H groups in total. The molecule has 3 atom stereocenters. The summed E-state index contributed by atoms with van der Waals surface area (Å²) in [5.74, 6) is 6.94. The molecule has 3 aliphatic rings. The van der Waals surface area contributed by atoms with Crippen molar-refractivity contribution in [2.24, 2.45) is 5.41 Å². The molecule has 3 aliphatic heterocycles. The van der Waals surface area contributed by atoms with E-state index >= 15 is 0 Å². The fraction of sp³-hybridized carbons (Fsp3) is 0.464. The maximum absolute atomic E-state index is 2.62. The summed E-state index contributed by atoms with van der Waals surface area (Å²) in [5.41, 5.74) is 7.62. The Hall–Kier alpha value is -2.29. The molecule has 1 aromatic carbocycles. The van der Waals surface area contributed by atoms with Crippen molar-refractivity contribution in [1.29, 1.82) is 0 Å². The first kappa shape index (κ1) is 20.6. The number of allylic oxidation sites excluding steroid dienone is 1. The molecule has 2 aromatic rings. The number of rotatable bonds is 5. The van der Waals surface area contributed by atoms with Crippen molar-refractivity contribution in [2.75, 3.05) is 4.90 Å². The molecule has 0 amide bonds. The van der Waals surface area contributed by atoms with E-state index in [1.807, 2.05) is 0 Å². The minimum Gasteiger partial charge on any atom is -0.230 e. The van der Waals surface area contributed by atoms with E-state index in [9.17, 15) is 0 Å². The highest BCUT2D eigenvalue weighted by Crippen LogP contribution is 2.56. The molecule has 4 heterocycles. The Balaban J connectivity index is 1.80. The highest BCUT2D eigenvalue weighted by atomic mass is 15.3. The minimum absolute atomic E-state index is 0.0621. The Morgan fingerprint density at radius 1 is 1.10 bits per heavy atom. The zero-order valence-corrected chi connectivity index (χ0v) is 19.9. The zero-order chi connectivity index (χ0) is 21.8. The third kappa shape index (κ3) is 2.81. The Morgan fingerprint density at radius 3 is 2.68 bits per heavy atom. The number of anilines is 1. The van der Waals surface area contributed by atoms with Crippen molar-refractivity contribution in [3.05, 3.63) is 77.1 Å². The number of aryl methyl sites for hydroxylation is 2. The minimum atomic E-state index is 0.0621.